The Balaban J connectivity index is 1.80. The number of hydrogen-bond donors (Lipinski definition) is 5. The lowest BCUT2D eigenvalue weighted by atomic mass is 10.1. The predicted octanol–water partition coefficient (Wildman–Crippen LogP) is 0.837. The quantitative estimate of drug-likeness (QED) is 0.0879. The summed E-state index contributed by atoms with van der Waals surface area (Å²) >= 11 is 5.17. The van der Waals surface area contributed by atoms with E-state index in [4.69, 9.17) is 21.7 Å². The Morgan fingerprint density at radius 2 is 1.64 bits per heavy atom. The zero-order chi connectivity index (χ0) is 31.1. The van der Waals surface area contributed by atoms with Crippen LogP contribution in [0.15, 0.2) is 30.3 Å². The highest BCUT2D eigenvalue weighted by molar-refractivity contribution is 7.80. The van der Waals surface area contributed by atoms with Crippen LogP contribution in [0.3, 0.4) is 0 Å². The van der Waals surface area contributed by atoms with Crippen molar-refractivity contribution in [2.45, 2.75) is 38.9 Å². The van der Waals surface area contributed by atoms with E-state index in [0.29, 0.717) is 50.9 Å². The number of benzene rings is 1. The number of aromatic nitrogens is 1. The van der Waals surface area contributed by atoms with Crippen molar-refractivity contribution in [3.05, 3.63) is 36.0 Å². The predicted molar refractivity (Wildman–Crippen MR) is 165 cm³/mol. The van der Waals surface area contributed by atoms with Crippen molar-refractivity contribution >= 4 is 46.0 Å². The van der Waals surface area contributed by atoms with Crippen LogP contribution in [0, 0.1) is 0 Å². The summed E-state index contributed by atoms with van der Waals surface area (Å²) in [4.78, 5) is 38.4. The molecule has 0 bridgehead atoms. The normalized spacial score (nSPS) is 12.6. The molecule has 13 nitrogen and oxygen atoms in total. The van der Waals surface area contributed by atoms with Crippen LogP contribution in [0.5, 0.6) is 0 Å². The molecule has 234 valence electrons. The molecule has 0 aliphatic carbocycles. The van der Waals surface area contributed by atoms with Crippen LogP contribution in [0.4, 0.5) is 0 Å². The maximum absolute atomic E-state index is 13.2. The van der Waals surface area contributed by atoms with Gasteiger partial charge in [0.1, 0.15) is 0 Å². The Bertz CT molecular complexity index is 1190. The molecule has 0 aliphatic rings. The summed E-state index contributed by atoms with van der Waals surface area (Å²) in [6, 6.07) is 9.47. The maximum Gasteiger partial charge on any atom is 0.350 e. The van der Waals surface area contributed by atoms with Gasteiger partial charge in [0.05, 0.1) is 44.9 Å². The van der Waals surface area contributed by atoms with Gasteiger partial charge < -0.3 is 40.0 Å². The number of hydrogen-bond acceptors (Lipinski definition) is 8. The summed E-state index contributed by atoms with van der Waals surface area (Å²) in [5.41, 5.74) is 2.84. The molecule has 1 aromatic carbocycles. The highest BCUT2D eigenvalue weighted by atomic mass is 32.1. The molecule has 0 saturated heterocycles. The fourth-order valence-corrected chi connectivity index (χ4v) is 4.45. The molecule has 2 rings (SSSR count). The van der Waals surface area contributed by atoms with Crippen LogP contribution in [0.2, 0.25) is 0 Å². The number of aliphatic carboxylic acids is 1. The summed E-state index contributed by atoms with van der Waals surface area (Å²) in [6.45, 7) is 6.45. The van der Waals surface area contributed by atoms with Gasteiger partial charge in [0.15, 0.2) is 5.11 Å². The first-order valence-corrected chi connectivity index (χ1v) is 14.4. The standard InChI is InChI=1S/C28H45N7O6S/c1-6-24(36)30-12-13-31-27(42)32-14-16-41-18-17-40-15-11-25(37)34(5)28(2,26(38)39)35-22(20-33(4)29-3)19-21-9-7-8-10-23(21)35/h7-10,19,29H,6,11-18,20H2,1-5H3,(H,30,36)(H,38,39)(H2,31,32,42). The molecule has 2 aromatic rings. The van der Waals surface area contributed by atoms with Gasteiger partial charge >= 0.3 is 5.97 Å². The van der Waals surface area contributed by atoms with E-state index in [2.05, 4.69) is 21.4 Å². The molecule has 0 spiro atoms. The Hall–Kier alpha value is -3.30. The van der Waals surface area contributed by atoms with Gasteiger partial charge in [-0.2, -0.15) is 0 Å². The Morgan fingerprint density at radius 1 is 1.00 bits per heavy atom. The second-order valence-electron chi connectivity index (χ2n) is 9.75. The van der Waals surface area contributed by atoms with Crippen LogP contribution in [-0.4, -0.2) is 110 Å². The topological polar surface area (TPSA) is 149 Å². The lowest BCUT2D eigenvalue weighted by molar-refractivity contribution is -0.164. The van der Waals surface area contributed by atoms with Crippen LogP contribution >= 0.6 is 12.2 Å². The number of carboxylic acid groups (broad SMARTS) is 1. The molecule has 14 heteroatoms. The third-order valence-corrected chi connectivity index (χ3v) is 7.14. The minimum Gasteiger partial charge on any atom is -0.478 e. The summed E-state index contributed by atoms with van der Waals surface area (Å²) < 4.78 is 12.8. The number of carbonyl (C=O) groups excluding carboxylic acids is 2. The molecule has 42 heavy (non-hydrogen) atoms. The van der Waals surface area contributed by atoms with Gasteiger partial charge in [0.2, 0.25) is 17.5 Å². The first-order valence-electron chi connectivity index (χ1n) is 14.0. The molecule has 2 amide bonds. The number of thiocarbonyl (C=S) groups is 1. The maximum atomic E-state index is 13.2. The molecule has 1 unspecified atom stereocenters. The zero-order valence-corrected chi connectivity index (χ0v) is 26.0. The van der Waals surface area contributed by atoms with Gasteiger partial charge in [-0.15, -0.1) is 0 Å². The Labute approximate surface area is 252 Å². The van der Waals surface area contributed by atoms with E-state index < -0.39 is 11.6 Å². The van der Waals surface area contributed by atoms with Crippen molar-refractivity contribution in [2.75, 3.05) is 67.2 Å². The van der Waals surface area contributed by atoms with Crippen molar-refractivity contribution in [3.63, 3.8) is 0 Å². The van der Waals surface area contributed by atoms with Crippen molar-refractivity contribution < 1.29 is 29.0 Å². The number of ether oxygens (including phenoxy) is 2. The van der Waals surface area contributed by atoms with Crippen LogP contribution in [0.1, 0.15) is 32.4 Å². The second kappa shape index (κ2) is 17.6. The first-order chi connectivity index (χ1) is 20.1. The highest BCUT2D eigenvalue weighted by Crippen LogP contribution is 2.31. The van der Waals surface area contributed by atoms with Crippen LogP contribution in [-0.2, 0) is 36.1 Å². The van der Waals surface area contributed by atoms with Gasteiger partial charge in [0, 0.05) is 45.8 Å². The van der Waals surface area contributed by atoms with Gasteiger partial charge in [0.25, 0.3) is 0 Å². The number of para-hydroxylation sites is 1. The van der Waals surface area contributed by atoms with Crippen LogP contribution < -0.4 is 21.4 Å². The second-order valence-corrected chi connectivity index (χ2v) is 10.2. The Kier molecular flexibility index (Phi) is 14.6. The van der Waals surface area contributed by atoms with Crippen molar-refractivity contribution in [1.29, 1.82) is 0 Å². The number of likely N-dealkylation sites (N-methyl/N-ethyl adjacent to an activating group) is 1. The SMILES string of the molecule is CCC(=O)NCCNC(=S)NCCOCCOCCC(=O)N(C)C(C)(C(=O)O)n1c(CN(C)NC)cc2ccccc21. The minimum atomic E-state index is -1.67. The number of nitrogens with zero attached hydrogens (tertiary/aromatic N) is 3. The average Bonchev–Trinajstić information content (AvgIpc) is 3.35. The highest BCUT2D eigenvalue weighted by Gasteiger charge is 2.44. The molecular weight excluding hydrogens is 562 g/mol. The van der Waals surface area contributed by atoms with E-state index >= 15 is 0 Å². The summed E-state index contributed by atoms with van der Waals surface area (Å²) in [6.07, 6.45) is 0.466. The van der Waals surface area contributed by atoms with E-state index in [1.165, 1.54) is 18.9 Å². The van der Waals surface area contributed by atoms with Gasteiger partial charge in [-0.3, -0.25) is 15.0 Å². The largest absolute Gasteiger partial charge is 0.478 e. The minimum absolute atomic E-state index is 0.00496. The average molecular weight is 608 g/mol. The molecule has 1 aromatic heterocycles. The molecule has 5 N–H and O–H groups in total. The van der Waals surface area contributed by atoms with Gasteiger partial charge in [-0.05, 0) is 43.7 Å². The van der Waals surface area contributed by atoms with Crippen LogP contribution in [0.25, 0.3) is 10.9 Å². The lowest BCUT2D eigenvalue weighted by Gasteiger charge is -2.38. The molecular formula is C28H45N7O6S. The van der Waals surface area contributed by atoms with Crippen molar-refractivity contribution in [2.24, 2.45) is 0 Å². The third-order valence-electron chi connectivity index (χ3n) is 6.85. The van der Waals surface area contributed by atoms with E-state index in [-0.39, 0.29) is 31.4 Å². The molecule has 0 aliphatic heterocycles. The van der Waals surface area contributed by atoms with Crippen molar-refractivity contribution in [1.82, 2.24) is 35.9 Å². The van der Waals surface area contributed by atoms with E-state index in [1.807, 2.05) is 42.4 Å². The molecule has 1 heterocycles. The van der Waals surface area contributed by atoms with Gasteiger partial charge in [-0.25, -0.2) is 9.80 Å². The lowest BCUT2D eigenvalue weighted by Crippen LogP contribution is -2.55. The number of nitrogens with one attached hydrogen (secondary N) is 4. The molecule has 0 fully saturated rings. The third kappa shape index (κ3) is 9.91. The molecule has 0 radical (unpaired) electrons. The number of fused-ring (bicyclic) bond motifs is 1. The number of amides is 2. The van der Waals surface area contributed by atoms with E-state index in [9.17, 15) is 19.5 Å². The first kappa shape index (κ1) is 34.9. The monoisotopic (exact) mass is 607 g/mol. The molecule has 1 atom stereocenters. The fraction of sp³-hybridized carbons (Fsp3) is 0.571. The number of hydrazine groups is 1. The zero-order valence-electron chi connectivity index (χ0n) is 25.2. The summed E-state index contributed by atoms with van der Waals surface area (Å²) in [7, 11) is 5.15. The fourth-order valence-electron chi connectivity index (χ4n) is 4.25. The number of carboxylic acids is 1. The summed E-state index contributed by atoms with van der Waals surface area (Å²) in [5.74, 6) is -1.51. The van der Waals surface area contributed by atoms with E-state index in [1.54, 1.807) is 18.5 Å². The van der Waals surface area contributed by atoms with Gasteiger partial charge in [-0.1, -0.05) is 25.1 Å². The smallest absolute Gasteiger partial charge is 0.350 e. The molecule has 0 saturated carbocycles. The number of rotatable bonds is 19. The number of carbonyl (C=O) groups is 3. The van der Waals surface area contributed by atoms with E-state index in [0.717, 1.165) is 16.6 Å². The van der Waals surface area contributed by atoms with Crippen molar-refractivity contribution in [3.8, 4) is 0 Å². The summed E-state index contributed by atoms with van der Waals surface area (Å²) in [5, 5.41) is 22.4. The Morgan fingerprint density at radius 3 is 2.31 bits per heavy atom.